The van der Waals surface area contributed by atoms with Gasteiger partial charge in [-0.1, -0.05) is 19.4 Å². The number of hydrogen-bond acceptors (Lipinski definition) is 2. The topological polar surface area (TPSA) is 54.3 Å². The van der Waals surface area contributed by atoms with E-state index in [0.717, 1.165) is 35.8 Å². The van der Waals surface area contributed by atoms with Gasteiger partial charge in [0.25, 0.3) is 0 Å². The number of carbonyl (C=O) groups is 1. The quantitative estimate of drug-likeness (QED) is 0.849. The van der Waals surface area contributed by atoms with E-state index >= 15 is 0 Å². The summed E-state index contributed by atoms with van der Waals surface area (Å²) in [6.07, 6.45) is 4.79. The van der Waals surface area contributed by atoms with Crippen LogP contribution in [0.3, 0.4) is 0 Å². The molecule has 2 N–H and O–H groups in total. The fourth-order valence-electron chi connectivity index (χ4n) is 2.30. The van der Waals surface area contributed by atoms with Crippen molar-refractivity contribution in [2.45, 2.75) is 33.1 Å². The highest BCUT2D eigenvalue weighted by Crippen LogP contribution is 2.23. The third kappa shape index (κ3) is 3.53. The van der Waals surface area contributed by atoms with Gasteiger partial charge in [0.15, 0.2) is 0 Å². The normalized spacial score (nSPS) is 10.7. The SMILES string of the molecule is CCCc1ccc2occ(CCNC(=O)NCC)c2c1. The Kier molecular flexibility index (Phi) is 5.04. The molecule has 1 heterocycles. The van der Waals surface area contributed by atoms with E-state index in [-0.39, 0.29) is 6.03 Å². The van der Waals surface area contributed by atoms with Crippen molar-refractivity contribution in [2.75, 3.05) is 13.1 Å². The number of hydrogen-bond donors (Lipinski definition) is 2. The number of benzene rings is 1. The molecule has 4 heteroatoms. The summed E-state index contributed by atoms with van der Waals surface area (Å²) in [5, 5.41) is 6.71. The molecule has 0 aliphatic heterocycles. The number of urea groups is 1. The Hall–Kier alpha value is -1.97. The molecule has 0 fully saturated rings. The summed E-state index contributed by atoms with van der Waals surface area (Å²) in [5.74, 6) is 0. The maximum atomic E-state index is 11.3. The number of rotatable bonds is 6. The first-order chi connectivity index (χ1) is 9.74. The van der Waals surface area contributed by atoms with Crippen molar-refractivity contribution in [1.82, 2.24) is 10.6 Å². The van der Waals surface area contributed by atoms with Gasteiger partial charge in [0, 0.05) is 18.5 Å². The smallest absolute Gasteiger partial charge is 0.314 e. The summed E-state index contributed by atoms with van der Waals surface area (Å²) >= 11 is 0. The molecule has 2 aromatic rings. The van der Waals surface area contributed by atoms with E-state index in [2.05, 4.69) is 29.7 Å². The average Bonchev–Trinajstić information content (AvgIpc) is 2.82. The molecule has 4 nitrogen and oxygen atoms in total. The number of furan rings is 1. The molecule has 0 aliphatic carbocycles. The highest BCUT2D eigenvalue weighted by atomic mass is 16.3. The summed E-state index contributed by atoms with van der Waals surface area (Å²) in [5.41, 5.74) is 3.40. The first-order valence-corrected chi connectivity index (χ1v) is 7.25. The Morgan fingerprint density at radius 3 is 2.80 bits per heavy atom. The first-order valence-electron chi connectivity index (χ1n) is 7.25. The maximum Gasteiger partial charge on any atom is 0.314 e. The Bertz CT molecular complexity index is 575. The van der Waals surface area contributed by atoms with Crippen LogP contribution < -0.4 is 10.6 Å². The van der Waals surface area contributed by atoms with E-state index in [1.807, 2.05) is 13.0 Å². The van der Waals surface area contributed by atoms with Gasteiger partial charge in [-0.2, -0.15) is 0 Å². The lowest BCUT2D eigenvalue weighted by molar-refractivity contribution is 0.241. The summed E-state index contributed by atoms with van der Waals surface area (Å²) in [6, 6.07) is 6.23. The number of nitrogens with one attached hydrogen (secondary N) is 2. The second-order valence-corrected chi connectivity index (χ2v) is 4.88. The summed E-state index contributed by atoms with van der Waals surface area (Å²) in [6.45, 7) is 5.33. The van der Waals surface area contributed by atoms with Crippen molar-refractivity contribution in [1.29, 1.82) is 0 Å². The van der Waals surface area contributed by atoms with Crippen LogP contribution in [0.15, 0.2) is 28.9 Å². The zero-order valence-electron chi connectivity index (χ0n) is 12.2. The number of carbonyl (C=O) groups excluding carboxylic acids is 1. The minimum atomic E-state index is -0.119. The van der Waals surface area contributed by atoms with Crippen LogP contribution in [0.25, 0.3) is 11.0 Å². The number of amides is 2. The maximum absolute atomic E-state index is 11.3. The van der Waals surface area contributed by atoms with E-state index in [0.29, 0.717) is 13.1 Å². The van der Waals surface area contributed by atoms with Gasteiger partial charge < -0.3 is 15.1 Å². The second-order valence-electron chi connectivity index (χ2n) is 4.88. The van der Waals surface area contributed by atoms with Crippen molar-refractivity contribution in [3.63, 3.8) is 0 Å². The third-order valence-electron chi connectivity index (χ3n) is 3.27. The van der Waals surface area contributed by atoms with E-state index in [4.69, 9.17) is 4.42 Å². The molecule has 0 atom stereocenters. The number of aryl methyl sites for hydroxylation is 1. The van der Waals surface area contributed by atoms with Crippen LogP contribution in [0, 0.1) is 0 Å². The van der Waals surface area contributed by atoms with Crippen molar-refractivity contribution in [3.05, 3.63) is 35.6 Å². The zero-order valence-corrected chi connectivity index (χ0v) is 12.2. The standard InChI is InChI=1S/C16H22N2O2/c1-3-5-12-6-7-15-14(10-12)13(11-20-15)8-9-18-16(19)17-4-2/h6-7,10-11H,3-5,8-9H2,1-2H3,(H2,17,18,19). The van der Waals surface area contributed by atoms with Crippen molar-refractivity contribution in [2.24, 2.45) is 0 Å². The van der Waals surface area contributed by atoms with Crippen LogP contribution in [0.5, 0.6) is 0 Å². The molecule has 0 spiro atoms. The van der Waals surface area contributed by atoms with Gasteiger partial charge in [-0.15, -0.1) is 0 Å². The fourth-order valence-corrected chi connectivity index (χ4v) is 2.30. The van der Waals surface area contributed by atoms with Crippen molar-refractivity contribution < 1.29 is 9.21 Å². The van der Waals surface area contributed by atoms with Crippen LogP contribution in [0.4, 0.5) is 4.79 Å². The Morgan fingerprint density at radius 1 is 1.20 bits per heavy atom. The molecule has 108 valence electrons. The van der Waals surface area contributed by atoms with Gasteiger partial charge >= 0.3 is 6.03 Å². The van der Waals surface area contributed by atoms with Crippen LogP contribution in [-0.4, -0.2) is 19.1 Å². The molecular weight excluding hydrogens is 252 g/mol. The van der Waals surface area contributed by atoms with Crippen molar-refractivity contribution >= 4 is 17.0 Å². The van der Waals surface area contributed by atoms with E-state index in [1.165, 1.54) is 5.56 Å². The molecule has 0 unspecified atom stereocenters. The lowest BCUT2D eigenvalue weighted by atomic mass is 10.0. The van der Waals surface area contributed by atoms with Crippen LogP contribution in [0.1, 0.15) is 31.4 Å². The molecule has 1 aromatic carbocycles. The highest BCUT2D eigenvalue weighted by molar-refractivity contribution is 5.82. The first kappa shape index (κ1) is 14.4. The van der Waals surface area contributed by atoms with Gasteiger partial charge in [0.05, 0.1) is 6.26 Å². The van der Waals surface area contributed by atoms with Gasteiger partial charge in [-0.25, -0.2) is 4.79 Å². The lowest BCUT2D eigenvalue weighted by Crippen LogP contribution is -2.36. The van der Waals surface area contributed by atoms with Crippen LogP contribution in [-0.2, 0) is 12.8 Å². The molecular formula is C16H22N2O2. The Labute approximate surface area is 119 Å². The largest absolute Gasteiger partial charge is 0.464 e. The minimum Gasteiger partial charge on any atom is -0.464 e. The lowest BCUT2D eigenvalue weighted by Gasteiger charge is -2.05. The van der Waals surface area contributed by atoms with Gasteiger partial charge in [-0.3, -0.25) is 0 Å². The molecule has 0 aliphatic rings. The fraction of sp³-hybridized carbons (Fsp3) is 0.438. The summed E-state index contributed by atoms with van der Waals surface area (Å²) in [4.78, 5) is 11.3. The van der Waals surface area contributed by atoms with Crippen LogP contribution >= 0.6 is 0 Å². The second kappa shape index (κ2) is 6.98. The molecule has 20 heavy (non-hydrogen) atoms. The summed E-state index contributed by atoms with van der Waals surface area (Å²) < 4.78 is 5.56. The molecule has 1 aromatic heterocycles. The predicted octanol–water partition coefficient (Wildman–Crippen LogP) is 3.25. The van der Waals surface area contributed by atoms with Gasteiger partial charge in [0.2, 0.25) is 0 Å². The molecule has 0 bridgehead atoms. The van der Waals surface area contributed by atoms with E-state index in [1.54, 1.807) is 6.26 Å². The van der Waals surface area contributed by atoms with Gasteiger partial charge in [0.1, 0.15) is 5.58 Å². The zero-order chi connectivity index (χ0) is 14.4. The molecule has 0 saturated heterocycles. The highest BCUT2D eigenvalue weighted by Gasteiger charge is 2.07. The molecule has 2 amide bonds. The average molecular weight is 274 g/mol. The van der Waals surface area contributed by atoms with Gasteiger partial charge in [-0.05, 0) is 43.0 Å². The Balaban J connectivity index is 2.02. The third-order valence-corrected chi connectivity index (χ3v) is 3.27. The van der Waals surface area contributed by atoms with E-state index < -0.39 is 0 Å². The molecule has 2 rings (SSSR count). The molecule has 0 radical (unpaired) electrons. The van der Waals surface area contributed by atoms with Crippen molar-refractivity contribution in [3.8, 4) is 0 Å². The Morgan fingerprint density at radius 2 is 2.05 bits per heavy atom. The predicted molar refractivity (Wildman–Crippen MR) is 81.0 cm³/mol. The monoisotopic (exact) mass is 274 g/mol. The van der Waals surface area contributed by atoms with Crippen LogP contribution in [0.2, 0.25) is 0 Å². The number of fused-ring (bicyclic) bond motifs is 1. The summed E-state index contributed by atoms with van der Waals surface area (Å²) in [7, 11) is 0. The minimum absolute atomic E-state index is 0.119. The van der Waals surface area contributed by atoms with E-state index in [9.17, 15) is 4.79 Å². The molecule has 0 saturated carbocycles.